The average molecular weight is 871 g/mol. The molecule has 0 radical (unpaired) electrons. The molecule has 6 fully saturated rings. The van der Waals surface area contributed by atoms with E-state index >= 15 is 0 Å². The molecule has 0 bridgehead atoms. The van der Waals surface area contributed by atoms with Crippen LogP contribution in [0.25, 0.3) is 0 Å². The van der Waals surface area contributed by atoms with Crippen LogP contribution in [0.3, 0.4) is 0 Å². The van der Waals surface area contributed by atoms with Gasteiger partial charge >= 0.3 is 10.4 Å². The van der Waals surface area contributed by atoms with Crippen LogP contribution in [-0.4, -0.2) is 171 Å². The molecule has 0 aromatic rings. The van der Waals surface area contributed by atoms with Gasteiger partial charge in [-0.15, -0.1) is 0 Å². The molecule has 0 aromatic carbocycles. The van der Waals surface area contributed by atoms with Crippen molar-refractivity contribution in [3.05, 3.63) is 0 Å². The highest BCUT2D eigenvalue weighted by Crippen LogP contribution is 2.70. The van der Waals surface area contributed by atoms with Gasteiger partial charge in [0.05, 0.1) is 55.9 Å². The Morgan fingerprint density at radius 3 is 1.97 bits per heavy atom. The van der Waals surface area contributed by atoms with Crippen molar-refractivity contribution in [1.29, 1.82) is 0 Å². The fourth-order valence-corrected chi connectivity index (χ4v) is 13.5. The summed E-state index contributed by atoms with van der Waals surface area (Å²) in [7, 11) is -3.71. The predicted octanol–water partition coefficient (Wildman–Crippen LogP) is -0.517. The Morgan fingerprint density at radius 1 is 0.746 bits per heavy atom. The third-order valence-electron chi connectivity index (χ3n) is 15.9. The van der Waals surface area contributed by atoms with Crippen LogP contribution in [0.5, 0.6) is 0 Å². The van der Waals surface area contributed by atoms with E-state index in [-0.39, 0.29) is 50.4 Å². The van der Waals surface area contributed by atoms with Gasteiger partial charge in [0.25, 0.3) is 0 Å². The Hall–Kier alpha value is -0.690. The minimum absolute atomic E-state index is 0.126. The van der Waals surface area contributed by atoms with Crippen LogP contribution in [0.15, 0.2) is 0 Å². The number of rotatable bonds is 14. The first kappa shape index (κ1) is 47.8. The van der Waals surface area contributed by atoms with E-state index in [0.717, 1.165) is 6.42 Å². The summed E-state index contributed by atoms with van der Waals surface area (Å²) < 4.78 is 67.8. The third-order valence-corrected chi connectivity index (χ3v) is 16.4. The van der Waals surface area contributed by atoms with Crippen LogP contribution in [0, 0.1) is 52.3 Å². The lowest BCUT2D eigenvalue weighted by Crippen LogP contribution is -2.71. The second-order valence-corrected chi connectivity index (χ2v) is 20.6. The maximum absolute atomic E-state index is 12.9. The van der Waals surface area contributed by atoms with E-state index in [1.54, 1.807) is 0 Å². The Kier molecular flexibility index (Phi) is 14.6. The molecule has 0 aromatic heterocycles. The van der Waals surface area contributed by atoms with Gasteiger partial charge < -0.3 is 69.6 Å². The molecule has 22 atom stereocenters. The first-order chi connectivity index (χ1) is 27.5. The summed E-state index contributed by atoms with van der Waals surface area (Å²) >= 11 is 0. The number of aliphatic hydroxyl groups excluding tert-OH is 8. The van der Waals surface area contributed by atoms with E-state index < -0.39 is 130 Å². The Morgan fingerprint density at radius 2 is 1.36 bits per heavy atom. The Balaban J connectivity index is 1.13. The van der Waals surface area contributed by atoms with Gasteiger partial charge in [-0.1, -0.05) is 41.0 Å². The molecule has 0 spiro atoms. The molecular formula is C40H70O18S. The van der Waals surface area contributed by atoms with Crippen molar-refractivity contribution in [2.75, 3.05) is 26.9 Å². The number of aliphatic hydroxyl groups is 9. The predicted molar refractivity (Wildman–Crippen MR) is 205 cm³/mol. The fourth-order valence-electron chi connectivity index (χ4n) is 13.0. The van der Waals surface area contributed by atoms with Crippen LogP contribution >= 0.6 is 0 Å². The molecule has 0 amide bonds. The van der Waals surface area contributed by atoms with Crippen molar-refractivity contribution < 1.29 is 86.8 Å². The lowest BCUT2D eigenvalue weighted by atomic mass is 9.41. The molecule has 2 saturated heterocycles. The molecule has 2 heterocycles. The SMILES string of the molecule is CO[C@H]1[C@H](O[C@H]2[C@H](OCC[C@@H](CC[C@@H](C)[C@H]3[C@@H](O)[C@@H](O)C4[C@]5(O)C[C@H](OS(=O)(=O)O)C6[C@@H](O)[C@@H](O)CC[C@]6(C)C5CC[C@@]43C)C(C)C)OC[C@@H](O)[C@@H]2O)OC[C@@H](O)[C@@H]1O. The summed E-state index contributed by atoms with van der Waals surface area (Å²) in [4.78, 5) is 0. The van der Waals surface area contributed by atoms with E-state index in [1.807, 2.05) is 20.8 Å². The van der Waals surface area contributed by atoms with Crippen LogP contribution in [0.1, 0.15) is 86.0 Å². The normalized spacial score (nSPS) is 50.2. The maximum atomic E-state index is 12.9. The van der Waals surface area contributed by atoms with E-state index in [9.17, 15) is 58.9 Å². The van der Waals surface area contributed by atoms with Crippen molar-refractivity contribution in [2.45, 2.75) is 171 Å². The van der Waals surface area contributed by atoms with Crippen LogP contribution in [0.2, 0.25) is 0 Å². The van der Waals surface area contributed by atoms with Gasteiger partial charge in [-0.05, 0) is 78.9 Å². The smallest absolute Gasteiger partial charge is 0.390 e. The fraction of sp³-hybridized carbons (Fsp3) is 1.00. The Labute approximate surface area is 347 Å². The first-order valence-electron chi connectivity index (χ1n) is 21.4. The highest BCUT2D eigenvalue weighted by molar-refractivity contribution is 7.80. The van der Waals surface area contributed by atoms with E-state index in [2.05, 4.69) is 13.8 Å². The van der Waals surface area contributed by atoms with Crippen molar-refractivity contribution in [2.24, 2.45) is 52.3 Å². The molecule has 59 heavy (non-hydrogen) atoms. The van der Waals surface area contributed by atoms with Gasteiger partial charge in [0, 0.05) is 25.4 Å². The summed E-state index contributed by atoms with van der Waals surface area (Å²) in [6.07, 6.45) is -13.0. The number of hydrogen-bond donors (Lipinski definition) is 10. The van der Waals surface area contributed by atoms with Gasteiger partial charge in [0.15, 0.2) is 12.6 Å². The van der Waals surface area contributed by atoms with Crippen LogP contribution in [0.4, 0.5) is 0 Å². The molecule has 19 heteroatoms. The summed E-state index contributed by atoms with van der Waals surface area (Å²) in [5, 5.41) is 100.0. The maximum Gasteiger partial charge on any atom is 0.397 e. The second kappa shape index (κ2) is 18.1. The van der Waals surface area contributed by atoms with Crippen molar-refractivity contribution >= 4 is 10.4 Å². The molecule has 10 N–H and O–H groups in total. The third kappa shape index (κ3) is 8.91. The number of ether oxygens (including phenoxy) is 5. The Bertz CT molecular complexity index is 1520. The van der Waals surface area contributed by atoms with E-state index in [0.29, 0.717) is 32.1 Å². The lowest BCUT2D eigenvalue weighted by molar-refractivity contribution is -0.345. The molecule has 3 unspecified atom stereocenters. The summed E-state index contributed by atoms with van der Waals surface area (Å²) in [5.41, 5.74) is -3.43. The van der Waals surface area contributed by atoms with Crippen molar-refractivity contribution in [3.8, 4) is 0 Å². The number of methoxy groups -OCH3 is 1. The molecule has 18 nitrogen and oxygen atoms in total. The zero-order chi connectivity index (χ0) is 43.6. The molecule has 4 saturated carbocycles. The molecule has 2 aliphatic heterocycles. The second-order valence-electron chi connectivity index (χ2n) is 19.5. The number of fused-ring (bicyclic) bond motifs is 5. The highest BCUT2D eigenvalue weighted by atomic mass is 32.3. The standard InChI is InChI=1S/C40H70O18S/c1-18(2)20(11-14-54-36-34(30(46)23(43)16-55-36)57-37-33(53-6)29(45)22(42)17-56-37)8-7-19(3)26-31(47)32(48)35-39(26,5)13-10-25-38(4)12-9-21(41)28(44)27(38)24(15-40(25,35)49)58-59(50,51)52/h18-37,41-49H,7-17H2,1-6H3,(H,50,51,52)/t19-,20-,21+,22-,23-,24+,25?,26+,27?,28+,29+,30+,31-,32-,33-,34-,35?,36-,37+,38-,39-,40+/m1/s1. The van der Waals surface area contributed by atoms with E-state index in [1.165, 1.54) is 7.11 Å². The zero-order valence-electron chi connectivity index (χ0n) is 35.0. The molecule has 344 valence electrons. The van der Waals surface area contributed by atoms with Gasteiger partial charge in [0.2, 0.25) is 0 Å². The topological polar surface area (TPSA) is 292 Å². The minimum Gasteiger partial charge on any atom is -0.390 e. The molecule has 6 rings (SSSR count). The van der Waals surface area contributed by atoms with Gasteiger partial charge in [-0.3, -0.25) is 4.55 Å². The first-order valence-corrected chi connectivity index (χ1v) is 22.7. The number of hydrogen-bond acceptors (Lipinski definition) is 17. The summed E-state index contributed by atoms with van der Waals surface area (Å²) in [5.74, 6) is -2.57. The summed E-state index contributed by atoms with van der Waals surface area (Å²) in [6.45, 7) is 9.78. The van der Waals surface area contributed by atoms with Gasteiger partial charge in [0.1, 0.15) is 36.6 Å². The monoisotopic (exact) mass is 870 g/mol. The van der Waals surface area contributed by atoms with Crippen LogP contribution in [-0.2, 0) is 38.3 Å². The average Bonchev–Trinajstić information content (AvgIpc) is 3.35. The zero-order valence-corrected chi connectivity index (χ0v) is 35.8. The quantitative estimate of drug-likeness (QED) is 0.0983. The lowest BCUT2D eigenvalue weighted by Gasteiger charge is -2.66. The van der Waals surface area contributed by atoms with Crippen molar-refractivity contribution in [1.82, 2.24) is 0 Å². The molecular weight excluding hydrogens is 800 g/mol. The molecule has 4 aliphatic carbocycles. The molecule has 6 aliphatic rings. The van der Waals surface area contributed by atoms with Crippen LogP contribution < -0.4 is 0 Å². The minimum atomic E-state index is -5.03. The van der Waals surface area contributed by atoms with Crippen molar-refractivity contribution in [3.63, 3.8) is 0 Å². The highest BCUT2D eigenvalue weighted by Gasteiger charge is 2.74. The van der Waals surface area contributed by atoms with E-state index in [4.69, 9.17) is 27.9 Å². The van der Waals surface area contributed by atoms with Gasteiger partial charge in [-0.25, -0.2) is 4.18 Å². The summed E-state index contributed by atoms with van der Waals surface area (Å²) in [6, 6.07) is 0. The largest absolute Gasteiger partial charge is 0.397 e. The van der Waals surface area contributed by atoms with Gasteiger partial charge in [-0.2, -0.15) is 8.42 Å².